The number of fused-ring (bicyclic) bond motifs is 1. The molecule has 33 heavy (non-hydrogen) atoms. The number of nitrogens with one attached hydrogen (secondary N) is 2. The van der Waals surface area contributed by atoms with Crippen molar-refractivity contribution in [3.63, 3.8) is 0 Å². The SMILES string of the molecule is Cc1ccc(NC(=O)NCc2c(-c3cccs3)n(Cc3ccccc3)c3ccccc23)cc1. The van der Waals surface area contributed by atoms with Crippen LogP contribution in [0.2, 0.25) is 0 Å². The highest BCUT2D eigenvalue weighted by Crippen LogP contribution is 2.36. The molecule has 164 valence electrons. The molecule has 2 amide bonds. The zero-order valence-electron chi connectivity index (χ0n) is 18.4. The summed E-state index contributed by atoms with van der Waals surface area (Å²) < 4.78 is 2.37. The first kappa shape index (κ1) is 21.0. The highest BCUT2D eigenvalue weighted by atomic mass is 32.1. The number of rotatable bonds is 6. The number of carbonyl (C=O) groups is 1. The number of nitrogens with zero attached hydrogens (tertiary/aromatic N) is 1. The quantitative estimate of drug-likeness (QED) is 0.285. The number of benzene rings is 3. The van der Waals surface area contributed by atoms with E-state index in [1.807, 2.05) is 37.3 Å². The average Bonchev–Trinajstić information content (AvgIpc) is 3.47. The van der Waals surface area contributed by atoms with Gasteiger partial charge in [0, 0.05) is 35.2 Å². The molecule has 0 aliphatic rings. The summed E-state index contributed by atoms with van der Waals surface area (Å²) in [7, 11) is 0. The summed E-state index contributed by atoms with van der Waals surface area (Å²) >= 11 is 1.72. The number of para-hydroxylation sites is 1. The second kappa shape index (κ2) is 9.35. The van der Waals surface area contributed by atoms with Gasteiger partial charge in [-0.1, -0.05) is 72.3 Å². The van der Waals surface area contributed by atoms with Gasteiger partial charge in [-0.3, -0.25) is 0 Å². The van der Waals surface area contributed by atoms with Crippen molar-refractivity contribution in [2.45, 2.75) is 20.0 Å². The number of aromatic nitrogens is 1. The van der Waals surface area contributed by atoms with Gasteiger partial charge in [-0.2, -0.15) is 0 Å². The van der Waals surface area contributed by atoms with Crippen LogP contribution in [0.3, 0.4) is 0 Å². The van der Waals surface area contributed by atoms with E-state index < -0.39 is 0 Å². The first-order valence-electron chi connectivity index (χ1n) is 11.0. The van der Waals surface area contributed by atoms with Crippen molar-refractivity contribution >= 4 is 34.0 Å². The van der Waals surface area contributed by atoms with Crippen LogP contribution in [0, 0.1) is 6.92 Å². The Balaban J connectivity index is 1.50. The van der Waals surface area contributed by atoms with Crippen molar-refractivity contribution in [1.29, 1.82) is 0 Å². The van der Waals surface area contributed by atoms with Crippen LogP contribution in [0.4, 0.5) is 10.5 Å². The van der Waals surface area contributed by atoms with Crippen molar-refractivity contribution in [3.05, 3.63) is 113 Å². The first-order valence-corrected chi connectivity index (χ1v) is 11.9. The zero-order chi connectivity index (χ0) is 22.6. The monoisotopic (exact) mass is 451 g/mol. The lowest BCUT2D eigenvalue weighted by molar-refractivity contribution is 0.252. The summed E-state index contributed by atoms with van der Waals surface area (Å²) in [4.78, 5) is 13.9. The lowest BCUT2D eigenvalue weighted by Crippen LogP contribution is -2.28. The maximum Gasteiger partial charge on any atom is 0.319 e. The molecule has 2 aromatic heterocycles. The molecule has 0 aliphatic heterocycles. The molecular weight excluding hydrogens is 426 g/mol. The molecule has 5 aromatic rings. The smallest absolute Gasteiger partial charge is 0.319 e. The van der Waals surface area contributed by atoms with E-state index in [9.17, 15) is 4.79 Å². The molecule has 2 N–H and O–H groups in total. The standard InChI is InChI=1S/C28H25N3OS/c1-20-13-15-22(16-14-20)30-28(32)29-18-24-23-10-5-6-11-25(23)31(19-21-8-3-2-4-9-21)27(24)26-12-7-17-33-26/h2-17H,18-19H2,1H3,(H2,29,30,32). The third-order valence-electron chi connectivity index (χ3n) is 5.75. The normalized spacial score (nSPS) is 10.9. The van der Waals surface area contributed by atoms with Gasteiger partial charge < -0.3 is 15.2 Å². The molecule has 0 aliphatic carbocycles. The summed E-state index contributed by atoms with van der Waals surface area (Å²) in [5.41, 5.74) is 6.64. The third-order valence-corrected chi connectivity index (χ3v) is 6.63. The highest BCUT2D eigenvalue weighted by molar-refractivity contribution is 7.13. The molecule has 0 radical (unpaired) electrons. The number of thiophene rings is 1. The molecule has 4 nitrogen and oxygen atoms in total. The molecule has 0 fully saturated rings. The Morgan fingerprint density at radius 1 is 0.879 bits per heavy atom. The van der Waals surface area contributed by atoms with Crippen LogP contribution in [0.25, 0.3) is 21.5 Å². The number of amides is 2. The lowest BCUT2D eigenvalue weighted by Gasteiger charge is -2.13. The fraction of sp³-hybridized carbons (Fsp3) is 0.107. The Bertz CT molecular complexity index is 1370. The van der Waals surface area contributed by atoms with E-state index in [1.54, 1.807) is 11.3 Å². The molecule has 0 saturated carbocycles. The minimum atomic E-state index is -0.212. The number of hydrogen-bond acceptors (Lipinski definition) is 2. The lowest BCUT2D eigenvalue weighted by atomic mass is 10.1. The van der Waals surface area contributed by atoms with E-state index in [0.29, 0.717) is 6.54 Å². The van der Waals surface area contributed by atoms with E-state index in [4.69, 9.17) is 0 Å². The van der Waals surface area contributed by atoms with E-state index in [0.717, 1.165) is 34.4 Å². The van der Waals surface area contributed by atoms with E-state index in [2.05, 4.69) is 81.2 Å². The Kier molecular flexibility index (Phi) is 5.96. The maximum atomic E-state index is 12.7. The molecule has 0 saturated heterocycles. The van der Waals surface area contributed by atoms with Gasteiger partial charge in [-0.15, -0.1) is 11.3 Å². The predicted octanol–water partition coefficient (Wildman–Crippen LogP) is 7.05. The van der Waals surface area contributed by atoms with Crippen molar-refractivity contribution in [2.24, 2.45) is 0 Å². The molecule has 5 heteroatoms. The predicted molar refractivity (Wildman–Crippen MR) is 138 cm³/mol. The third kappa shape index (κ3) is 4.54. The summed E-state index contributed by atoms with van der Waals surface area (Å²) in [6.45, 7) is 3.23. The van der Waals surface area contributed by atoms with Crippen molar-refractivity contribution in [3.8, 4) is 10.6 Å². The summed E-state index contributed by atoms with van der Waals surface area (Å²) in [5.74, 6) is 0. The van der Waals surface area contributed by atoms with Crippen LogP contribution in [-0.4, -0.2) is 10.6 Å². The molecule has 0 unspecified atom stereocenters. The molecule has 0 atom stereocenters. The van der Waals surface area contributed by atoms with Crippen LogP contribution >= 0.6 is 11.3 Å². The van der Waals surface area contributed by atoms with Gasteiger partial charge in [0.1, 0.15) is 0 Å². The zero-order valence-corrected chi connectivity index (χ0v) is 19.2. The highest BCUT2D eigenvalue weighted by Gasteiger charge is 2.20. The number of anilines is 1. The fourth-order valence-electron chi connectivity index (χ4n) is 4.16. The van der Waals surface area contributed by atoms with Crippen LogP contribution in [0.1, 0.15) is 16.7 Å². The second-order valence-electron chi connectivity index (χ2n) is 8.07. The Morgan fingerprint density at radius 3 is 2.39 bits per heavy atom. The Morgan fingerprint density at radius 2 is 1.64 bits per heavy atom. The van der Waals surface area contributed by atoms with Crippen LogP contribution in [0.5, 0.6) is 0 Å². The van der Waals surface area contributed by atoms with Gasteiger partial charge >= 0.3 is 6.03 Å². The fourth-order valence-corrected chi connectivity index (χ4v) is 4.97. The van der Waals surface area contributed by atoms with Crippen molar-refractivity contribution in [2.75, 3.05) is 5.32 Å². The Hall–Kier alpha value is -3.83. The maximum absolute atomic E-state index is 12.7. The largest absolute Gasteiger partial charge is 0.335 e. The van der Waals surface area contributed by atoms with Gasteiger partial charge in [0.15, 0.2) is 0 Å². The van der Waals surface area contributed by atoms with Crippen LogP contribution in [-0.2, 0) is 13.1 Å². The number of aryl methyl sites for hydroxylation is 1. The molecular formula is C28H25N3OS. The van der Waals surface area contributed by atoms with Crippen molar-refractivity contribution < 1.29 is 4.79 Å². The molecule has 3 aromatic carbocycles. The second-order valence-corrected chi connectivity index (χ2v) is 9.01. The van der Waals surface area contributed by atoms with E-state index in [1.165, 1.54) is 16.0 Å². The minimum Gasteiger partial charge on any atom is -0.335 e. The summed E-state index contributed by atoms with van der Waals surface area (Å²) in [5, 5.41) is 9.27. The van der Waals surface area contributed by atoms with Crippen molar-refractivity contribution in [1.82, 2.24) is 9.88 Å². The molecule has 2 heterocycles. The molecule has 5 rings (SSSR count). The molecule has 0 bridgehead atoms. The van der Waals surface area contributed by atoms with Gasteiger partial charge in [0.25, 0.3) is 0 Å². The molecule has 0 spiro atoms. The van der Waals surface area contributed by atoms with Gasteiger partial charge in [0.2, 0.25) is 0 Å². The summed E-state index contributed by atoms with van der Waals surface area (Å²) in [6.07, 6.45) is 0. The minimum absolute atomic E-state index is 0.212. The van der Waals surface area contributed by atoms with Crippen LogP contribution < -0.4 is 10.6 Å². The van der Waals surface area contributed by atoms with Gasteiger partial charge in [0.05, 0.1) is 10.6 Å². The Labute approximate surface area is 197 Å². The average molecular weight is 452 g/mol. The van der Waals surface area contributed by atoms with Gasteiger partial charge in [-0.25, -0.2) is 4.79 Å². The summed E-state index contributed by atoms with van der Waals surface area (Å²) in [6, 6.07) is 30.7. The van der Waals surface area contributed by atoms with Crippen LogP contribution in [0.15, 0.2) is 96.4 Å². The number of hydrogen-bond donors (Lipinski definition) is 2. The van der Waals surface area contributed by atoms with Gasteiger partial charge in [-0.05, 0) is 42.1 Å². The topological polar surface area (TPSA) is 46.1 Å². The first-order chi connectivity index (χ1) is 16.2. The number of carbonyl (C=O) groups excluding carboxylic acids is 1. The van der Waals surface area contributed by atoms with E-state index >= 15 is 0 Å². The number of urea groups is 1. The van der Waals surface area contributed by atoms with E-state index in [-0.39, 0.29) is 6.03 Å².